The van der Waals surface area contributed by atoms with Gasteiger partial charge in [-0.1, -0.05) is 43.3 Å². The molecule has 0 aliphatic rings. The van der Waals surface area contributed by atoms with E-state index in [0.717, 1.165) is 6.07 Å². The van der Waals surface area contributed by atoms with Crippen LogP contribution in [0, 0.1) is 5.82 Å². The predicted octanol–water partition coefficient (Wildman–Crippen LogP) is 6.15. The van der Waals surface area contributed by atoms with Gasteiger partial charge in [0.05, 0.1) is 5.56 Å². The SMILES string of the molecule is CCC(C)(NC(=O)c1cc(F)c2ccccc2c1OCc1ccc(SC(F)(F)F)cc1)C(=O)O. The number of hydrogen-bond acceptors (Lipinski definition) is 4. The number of alkyl halides is 3. The van der Waals surface area contributed by atoms with E-state index in [-0.39, 0.29) is 46.4 Å². The minimum absolute atomic E-state index is 0.0103. The van der Waals surface area contributed by atoms with Gasteiger partial charge in [-0.05, 0) is 48.9 Å². The highest BCUT2D eigenvalue weighted by Gasteiger charge is 2.34. The standard InChI is InChI=1S/C24H21F4NO4S/c1-3-23(2,22(31)32)29-21(30)18-12-19(25)16-6-4-5-7-17(16)20(18)33-13-14-8-10-15(11-9-14)34-24(26,27)28/h4-12H,3,13H2,1-2H3,(H,29,30)(H,31,32). The predicted molar refractivity (Wildman–Crippen MR) is 120 cm³/mol. The summed E-state index contributed by atoms with van der Waals surface area (Å²) in [6.45, 7) is 2.82. The first-order chi connectivity index (χ1) is 15.9. The van der Waals surface area contributed by atoms with Gasteiger partial charge in [-0.2, -0.15) is 13.2 Å². The summed E-state index contributed by atoms with van der Waals surface area (Å²) in [5, 5.41) is 12.4. The summed E-state index contributed by atoms with van der Waals surface area (Å²) in [6.07, 6.45) is 0.0859. The van der Waals surface area contributed by atoms with Crippen LogP contribution in [0.4, 0.5) is 17.6 Å². The molecule has 1 unspecified atom stereocenters. The van der Waals surface area contributed by atoms with Crippen LogP contribution in [0.15, 0.2) is 59.5 Å². The lowest BCUT2D eigenvalue weighted by Crippen LogP contribution is -2.51. The number of thioether (sulfide) groups is 1. The van der Waals surface area contributed by atoms with E-state index in [4.69, 9.17) is 4.74 Å². The summed E-state index contributed by atoms with van der Waals surface area (Å²) < 4.78 is 58.2. The van der Waals surface area contributed by atoms with Crippen LogP contribution in [0.1, 0.15) is 36.2 Å². The fourth-order valence-electron chi connectivity index (χ4n) is 3.18. The van der Waals surface area contributed by atoms with Gasteiger partial charge in [-0.25, -0.2) is 9.18 Å². The number of benzene rings is 3. The highest BCUT2D eigenvalue weighted by atomic mass is 32.2. The van der Waals surface area contributed by atoms with Crippen LogP contribution in [0.25, 0.3) is 10.8 Å². The third-order valence-corrected chi connectivity index (χ3v) is 6.04. The van der Waals surface area contributed by atoms with Gasteiger partial charge in [-0.15, -0.1) is 0 Å². The fraction of sp³-hybridized carbons (Fsp3) is 0.250. The highest BCUT2D eigenvalue weighted by Crippen LogP contribution is 2.37. The summed E-state index contributed by atoms with van der Waals surface area (Å²) in [6, 6.07) is 12.8. The molecule has 0 fully saturated rings. The lowest BCUT2D eigenvalue weighted by Gasteiger charge is -2.25. The molecule has 0 spiro atoms. The Balaban J connectivity index is 1.95. The molecule has 2 N–H and O–H groups in total. The van der Waals surface area contributed by atoms with Crippen LogP contribution in [0.5, 0.6) is 5.75 Å². The molecule has 0 saturated heterocycles. The van der Waals surface area contributed by atoms with E-state index in [1.165, 1.54) is 37.3 Å². The van der Waals surface area contributed by atoms with Crippen LogP contribution in [-0.4, -0.2) is 28.0 Å². The van der Waals surface area contributed by atoms with E-state index in [1.807, 2.05) is 0 Å². The molecule has 1 amide bonds. The normalized spacial score (nSPS) is 13.4. The fourth-order valence-corrected chi connectivity index (χ4v) is 3.72. The summed E-state index contributed by atoms with van der Waals surface area (Å²) in [4.78, 5) is 24.6. The molecule has 3 aromatic carbocycles. The molecule has 3 aromatic rings. The van der Waals surface area contributed by atoms with E-state index < -0.39 is 28.7 Å². The van der Waals surface area contributed by atoms with Gasteiger partial charge in [-0.3, -0.25) is 4.79 Å². The third kappa shape index (κ3) is 5.80. The quantitative estimate of drug-likeness (QED) is 0.290. The van der Waals surface area contributed by atoms with Crippen molar-refractivity contribution in [2.24, 2.45) is 0 Å². The van der Waals surface area contributed by atoms with Gasteiger partial charge in [0, 0.05) is 15.7 Å². The second kappa shape index (κ2) is 9.92. The van der Waals surface area contributed by atoms with Gasteiger partial charge < -0.3 is 15.2 Å². The summed E-state index contributed by atoms with van der Waals surface area (Å²) in [7, 11) is 0. The van der Waals surface area contributed by atoms with Crippen molar-refractivity contribution < 1.29 is 37.0 Å². The van der Waals surface area contributed by atoms with E-state index >= 15 is 0 Å². The van der Waals surface area contributed by atoms with Crippen LogP contribution in [0.2, 0.25) is 0 Å². The molecule has 3 rings (SSSR count). The number of carbonyl (C=O) groups excluding carboxylic acids is 1. The Morgan fingerprint density at radius 3 is 2.24 bits per heavy atom. The zero-order valence-electron chi connectivity index (χ0n) is 18.2. The van der Waals surface area contributed by atoms with E-state index in [2.05, 4.69) is 5.32 Å². The van der Waals surface area contributed by atoms with Crippen molar-refractivity contribution in [3.05, 3.63) is 71.5 Å². The number of carbonyl (C=O) groups is 2. The van der Waals surface area contributed by atoms with Crippen LogP contribution >= 0.6 is 11.8 Å². The first kappa shape index (κ1) is 25.4. The second-order valence-corrected chi connectivity index (χ2v) is 8.84. The average molecular weight is 495 g/mol. The minimum atomic E-state index is -4.41. The van der Waals surface area contributed by atoms with Crippen molar-refractivity contribution in [2.45, 2.75) is 42.8 Å². The zero-order chi connectivity index (χ0) is 25.1. The monoisotopic (exact) mass is 495 g/mol. The number of rotatable bonds is 8. The van der Waals surface area contributed by atoms with E-state index in [9.17, 15) is 32.3 Å². The molecule has 0 saturated carbocycles. The maximum atomic E-state index is 14.8. The topological polar surface area (TPSA) is 75.6 Å². The first-order valence-corrected chi connectivity index (χ1v) is 11.0. The van der Waals surface area contributed by atoms with Crippen molar-refractivity contribution in [3.63, 3.8) is 0 Å². The number of amides is 1. The van der Waals surface area contributed by atoms with Crippen LogP contribution < -0.4 is 10.1 Å². The van der Waals surface area contributed by atoms with Gasteiger partial charge >= 0.3 is 11.5 Å². The Bertz CT molecular complexity index is 1210. The molecule has 5 nitrogen and oxygen atoms in total. The number of fused-ring (bicyclic) bond motifs is 1. The van der Waals surface area contributed by atoms with Crippen LogP contribution in [0.3, 0.4) is 0 Å². The summed E-state index contributed by atoms with van der Waals surface area (Å²) >= 11 is -0.240. The number of carboxylic acids is 1. The molecule has 0 bridgehead atoms. The van der Waals surface area contributed by atoms with Gasteiger partial charge in [0.25, 0.3) is 5.91 Å². The number of aliphatic carboxylic acids is 1. The molecule has 1 atom stereocenters. The molecule has 0 radical (unpaired) electrons. The smallest absolute Gasteiger partial charge is 0.446 e. The average Bonchev–Trinajstić information content (AvgIpc) is 2.78. The maximum absolute atomic E-state index is 14.8. The van der Waals surface area contributed by atoms with E-state index in [1.54, 1.807) is 25.1 Å². The lowest BCUT2D eigenvalue weighted by atomic mass is 9.97. The van der Waals surface area contributed by atoms with Crippen molar-refractivity contribution in [3.8, 4) is 5.75 Å². The summed E-state index contributed by atoms with van der Waals surface area (Å²) in [5.41, 5.74) is -5.66. The summed E-state index contributed by atoms with van der Waals surface area (Å²) in [5.74, 6) is -2.73. The molecular formula is C24H21F4NO4S. The Kier molecular flexibility index (Phi) is 7.40. The molecule has 0 aliphatic carbocycles. The highest BCUT2D eigenvalue weighted by molar-refractivity contribution is 8.00. The number of carboxylic acid groups (broad SMARTS) is 1. The number of halogens is 4. The van der Waals surface area contributed by atoms with Crippen LogP contribution in [-0.2, 0) is 11.4 Å². The van der Waals surface area contributed by atoms with Gasteiger partial charge in [0.15, 0.2) is 0 Å². The Hall–Kier alpha value is -3.27. The first-order valence-electron chi connectivity index (χ1n) is 10.2. The molecule has 0 heterocycles. The second-order valence-electron chi connectivity index (χ2n) is 7.71. The van der Waals surface area contributed by atoms with Crippen molar-refractivity contribution in [2.75, 3.05) is 0 Å². The van der Waals surface area contributed by atoms with Crippen molar-refractivity contribution >= 4 is 34.4 Å². The molecular weight excluding hydrogens is 474 g/mol. The van der Waals surface area contributed by atoms with Crippen molar-refractivity contribution in [1.29, 1.82) is 0 Å². The Morgan fingerprint density at radius 1 is 1.06 bits per heavy atom. The molecule has 34 heavy (non-hydrogen) atoms. The Labute approximate surface area is 197 Å². The molecule has 10 heteroatoms. The number of ether oxygens (including phenoxy) is 1. The van der Waals surface area contributed by atoms with E-state index in [0.29, 0.717) is 10.9 Å². The Morgan fingerprint density at radius 2 is 1.68 bits per heavy atom. The lowest BCUT2D eigenvalue weighted by molar-refractivity contribution is -0.143. The van der Waals surface area contributed by atoms with Gasteiger partial charge in [0.1, 0.15) is 23.7 Å². The molecule has 0 aliphatic heterocycles. The van der Waals surface area contributed by atoms with Gasteiger partial charge in [0.2, 0.25) is 0 Å². The number of nitrogens with one attached hydrogen (secondary N) is 1. The zero-order valence-corrected chi connectivity index (χ0v) is 19.0. The largest absolute Gasteiger partial charge is 0.487 e. The van der Waals surface area contributed by atoms with Crippen molar-refractivity contribution in [1.82, 2.24) is 5.32 Å². The maximum Gasteiger partial charge on any atom is 0.446 e. The minimum Gasteiger partial charge on any atom is -0.487 e. The number of hydrogen-bond donors (Lipinski definition) is 2. The molecule has 180 valence electrons. The third-order valence-electron chi connectivity index (χ3n) is 5.30. The molecule has 0 aromatic heterocycles.